The third-order valence-electron chi connectivity index (χ3n) is 3.95. The van der Waals surface area contributed by atoms with Gasteiger partial charge in [-0.1, -0.05) is 23.7 Å². The fraction of sp³-hybridized carbons (Fsp3) is 0.600. The molecule has 0 aromatic heterocycles. The van der Waals surface area contributed by atoms with Crippen LogP contribution in [0, 0.1) is 0 Å². The predicted octanol–water partition coefficient (Wildman–Crippen LogP) is 2.85. The quantitative estimate of drug-likeness (QED) is 0.923. The van der Waals surface area contributed by atoms with E-state index in [1.807, 2.05) is 12.1 Å². The van der Waals surface area contributed by atoms with Crippen LogP contribution in [0.5, 0.6) is 0 Å². The summed E-state index contributed by atoms with van der Waals surface area (Å²) in [5.74, 6) is 0. The second-order valence-electron chi connectivity index (χ2n) is 5.47. The lowest BCUT2D eigenvalue weighted by Crippen LogP contribution is -2.47. The van der Waals surface area contributed by atoms with Gasteiger partial charge in [0.2, 0.25) is 0 Å². The standard InChI is InChI=1S/C15H23ClN2O/c1-15(19-2)8-4-10-18(11-15)14-12(7-9-17)5-3-6-13(14)16/h3,5-6H,4,7-11,17H2,1-2H3. The Kier molecular flexibility index (Phi) is 4.71. The SMILES string of the molecule is COC1(C)CCCN(c2c(Cl)cccc2CCN)C1. The van der Waals surface area contributed by atoms with Crippen LogP contribution in [-0.4, -0.2) is 32.3 Å². The van der Waals surface area contributed by atoms with Crippen LogP contribution in [-0.2, 0) is 11.2 Å². The molecule has 1 saturated heterocycles. The molecule has 0 spiro atoms. The Morgan fingerprint density at radius 2 is 2.26 bits per heavy atom. The first-order valence-electron chi connectivity index (χ1n) is 6.87. The lowest BCUT2D eigenvalue weighted by atomic mass is 9.93. The number of nitrogens with two attached hydrogens (primary N) is 1. The first kappa shape index (κ1) is 14.6. The number of ether oxygens (including phenoxy) is 1. The molecule has 1 fully saturated rings. The lowest BCUT2D eigenvalue weighted by molar-refractivity contribution is -0.00467. The van der Waals surface area contributed by atoms with Crippen LogP contribution in [0.4, 0.5) is 5.69 Å². The number of benzene rings is 1. The van der Waals surface area contributed by atoms with Crippen molar-refractivity contribution in [1.82, 2.24) is 0 Å². The van der Waals surface area contributed by atoms with Crippen molar-refractivity contribution in [2.45, 2.75) is 31.8 Å². The van der Waals surface area contributed by atoms with Crippen molar-refractivity contribution in [3.8, 4) is 0 Å². The van der Waals surface area contributed by atoms with E-state index >= 15 is 0 Å². The van der Waals surface area contributed by atoms with Crippen LogP contribution in [0.2, 0.25) is 5.02 Å². The van der Waals surface area contributed by atoms with Gasteiger partial charge in [-0.2, -0.15) is 0 Å². The molecule has 4 heteroatoms. The summed E-state index contributed by atoms with van der Waals surface area (Å²) in [6, 6.07) is 6.07. The molecule has 1 unspecified atom stereocenters. The van der Waals surface area contributed by atoms with E-state index in [1.165, 1.54) is 5.56 Å². The monoisotopic (exact) mass is 282 g/mol. The fourth-order valence-electron chi connectivity index (χ4n) is 2.83. The summed E-state index contributed by atoms with van der Waals surface area (Å²) >= 11 is 6.41. The maximum Gasteiger partial charge on any atom is 0.0825 e. The normalized spacial score (nSPS) is 23.7. The van der Waals surface area contributed by atoms with Crippen molar-refractivity contribution in [3.05, 3.63) is 28.8 Å². The van der Waals surface area contributed by atoms with Crippen molar-refractivity contribution >= 4 is 17.3 Å². The fourth-order valence-corrected chi connectivity index (χ4v) is 3.15. The Bertz CT molecular complexity index is 438. The highest BCUT2D eigenvalue weighted by Gasteiger charge is 2.32. The number of nitrogens with zero attached hydrogens (tertiary/aromatic N) is 1. The molecule has 106 valence electrons. The molecule has 1 atom stereocenters. The van der Waals surface area contributed by atoms with Gasteiger partial charge in [-0.3, -0.25) is 0 Å². The van der Waals surface area contributed by atoms with Gasteiger partial charge in [-0.25, -0.2) is 0 Å². The first-order chi connectivity index (χ1) is 9.09. The Morgan fingerprint density at radius 1 is 1.47 bits per heavy atom. The number of piperidine rings is 1. The van der Waals surface area contributed by atoms with Crippen LogP contribution in [0.25, 0.3) is 0 Å². The molecule has 0 saturated carbocycles. The van der Waals surface area contributed by atoms with Crippen LogP contribution in [0.3, 0.4) is 0 Å². The van der Waals surface area contributed by atoms with Crippen molar-refractivity contribution in [2.75, 3.05) is 31.6 Å². The second kappa shape index (κ2) is 6.12. The van der Waals surface area contributed by atoms with Gasteiger partial charge in [-0.15, -0.1) is 0 Å². The zero-order valence-corrected chi connectivity index (χ0v) is 12.5. The molecular weight excluding hydrogens is 260 g/mol. The molecule has 0 amide bonds. The average molecular weight is 283 g/mol. The molecular formula is C15H23ClN2O. The number of methoxy groups -OCH3 is 1. The van der Waals surface area contributed by atoms with E-state index in [0.29, 0.717) is 6.54 Å². The average Bonchev–Trinajstić information content (AvgIpc) is 2.39. The van der Waals surface area contributed by atoms with Gasteiger partial charge in [0, 0.05) is 20.2 Å². The number of anilines is 1. The van der Waals surface area contributed by atoms with E-state index in [9.17, 15) is 0 Å². The third kappa shape index (κ3) is 3.22. The predicted molar refractivity (Wildman–Crippen MR) is 81.1 cm³/mol. The first-order valence-corrected chi connectivity index (χ1v) is 7.25. The van der Waals surface area contributed by atoms with Gasteiger partial charge in [0.25, 0.3) is 0 Å². The van der Waals surface area contributed by atoms with Gasteiger partial charge >= 0.3 is 0 Å². The van der Waals surface area contributed by atoms with Crippen LogP contribution in [0.1, 0.15) is 25.3 Å². The molecule has 1 aromatic carbocycles. The number of hydrogen-bond donors (Lipinski definition) is 1. The van der Waals surface area contributed by atoms with Gasteiger partial charge < -0.3 is 15.4 Å². The molecule has 1 aliphatic rings. The minimum Gasteiger partial charge on any atom is -0.377 e. The Hall–Kier alpha value is -0.770. The van der Waals surface area contributed by atoms with Crippen LogP contribution >= 0.6 is 11.6 Å². The lowest BCUT2D eigenvalue weighted by Gasteiger charge is -2.41. The summed E-state index contributed by atoms with van der Waals surface area (Å²) in [5, 5.41) is 0.811. The number of halogens is 1. The Balaban J connectivity index is 2.30. The maximum atomic E-state index is 6.41. The number of para-hydroxylation sites is 1. The Morgan fingerprint density at radius 3 is 2.95 bits per heavy atom. The molecule has 2 N–H and O–H groups in total. The van der Waals surface area contributed by atoms with Crippen molar-refractivity contribution < 1.29 is 4.74 Å². The summed E-state index contributed by atoms with van der Waals surface area (Å²) in [4.78, 5) is 2.35. The zero-order valence-electron chi connectivity index (χ0n) is 11.8. The molecule has 1 aromatic rings. The topological polar surface area (TPSA) is 38.5 Å². The van der Waals surface area contributed by atoms with Crippen molar-refractivity contribution in [1.29, 1.82) is 0 Å². The largest absolute Gasteiger partial charge is 0.377 e. The number of hydrogen-bond acceptors (Lipinski definition) is 3. The third-order valence-corrected chi connectivity index (χ3v) is 4.26. The summed E-state index contributed by atoms with van der Waals surface area (Å²) in [6.07, 6.45) is 3.07. The smallest absolute Gasteiger partial charge is 0.0825 e. The molecule has 0 radical (unpaired) electrons. The Labute approximate surface area is 120 Å². The van der Waals surface area contributed by atoms with E-state index in [4.69, 9.17) is 22.1 Å². The van der Waals surface area contributed by atoms with Gasteiger partial charge in [0.1, 0.15) is 0 Å². The van der Waals surface area contributed by atoms with E-state index in [-0.39, 0.29) is 5.60 Å². The highest BCUT2D eigenvalue weighted by molar-refractivity contribution is 6.33. The van der Waals surface area contributed by atoms with Gasteiger partial charge in [-0.05, 0) is 44.4 Å². The maximum absolute atomic E-state index is 6.41. The summed E-state index contributed by atoms with van der Waals surface area (Å²) in [5.41, 5.74) is 7.98. The summed E-state index contributed by atoms with van der Waals surface area (Å²) in [7, 11) is 1.79. The molecule has 3 nitrogen and oxygen atoms in total. The molecule has 0 aliphatic carbocycles. The van der Waals surface area contributed by atoms with Crippen molar-refractivity contribution in [3.63, 3.8) is 0 Å². The molecule has 1 aliphatic heterocycles. The van der Waals surface area contributed by atoms with E-state index in [1.54, 1.807) is 7.11 Å². The minimum absolute atomic E-state index is 0.0859. The molecule has 2 rings (SSSR count). The highest BCUT2D eigenvalue weighted by Crippen LogP contribution is 2.35. The van der Waals surface area contributed by atoms with Crippen LogP contribution in [0.15, 0.2) is 18.2 Å². The molecule has 19 heavy (non-hydrogen) atoms. The van der Waals surface area contributed by atoms with Crippen molar-refractivity contribution in [2.24, 2.45) is 5.73 Å². The molecule has 0 bridgehead atoms. The summed E-state index contributed by atoms with van der Waals surface area (Å²) in [6.45, 7) is 4.71. The van der Waals surface area contributed by atoms with E-state index < -0.39 is 0 Å². The van der Waals surface area contributed by atoms with E-state index in [2.05, 4.69) is 17.9 Å². The molecule has 1 heterocycles. The van der Waals surface area contributed by atoms with Gasteiger partial charge in [0.05, 0.1) is 16.3 Å². The summed E-state index contributed by atoms with van der Waals surface area (Å²) < 4.78 is 5.66. The second-order valence-corrected chi connectivity index (χ2v) is 5.87. The minimum atomic E-state index is -0.0859. The van der Waals surface area contributed by atoms with Crippen LogP contribution < -0.4 is 10.6 Å². The zero-order chi connectivity index (χ0) is 13.9. The van der Waals surface area contributed by atoms with Gasteiger partial charge in [0.15, 0.2) is 0 Å². The number of rotatable bonds is 4. The van der Waals surface area contributed by atoms with E-state index in [0.717, 1.165) is 43.1 Å². The highest BCUT2D eigenvalue weighted by atomic mass is 35.5.